The molecule has 34 heavy (non-hydrogen) atoms. The number of para-hydroxylation sites is 2. The van der Waals surface area contributed by atoms with Crippen LogP contribution in [0.3, 0.4) is 0 Å². The molecular formula is C27H30N2O5. The van der Waals surface area contributed by atoms with E-state index in [0.29, 0.717) is 22.7 Å². The minimum absolute atomic E-state index is 0.0835. The van der Waals surface area contributed by atoms with Gasteiger partial charge in [-0.15, -0.1) is 0 Å². The number of nitrogens with zero attached hydrogens (tertiary/aromatic N) is 1. The predicted octanol–water partition coefficient (Wildman–Crippen LogP) is 5.13. The molecule has 1 heterocycles. The van der Waals surface area contributed by atoms with Crippen LogP contribution in [0.25, 0.3) is 0 Å². The number of hydrogen-bond donors (Lipinski definition) is 1. The molecule has 1 aliphatic rings. The third kappa shape index (κ3) is 5.09. The third-order valence-corrected chi connectivity index (χ3v) is 6.19. The largest absolute Gasteiger partial charge is 0.497 e. The van der Waals surface area contributed by atoms with E-state index in [4.69, 9.17) is 13.9 Å². The number of benzene rings is 2. The molecule has 0 spiro atoms. The maximum atomic E-state index is 13.8. The zero-order valence-electron chi connectivity index (χ0n) is 19.5. The standard InChI is InChI=1S/C27H30N2O5/c1-32-21-16-14-19(15-17-21)25(26(30)28-20-9-4-3-5-10-20)29(27(31)24-13-8-18-34-24)22-11-6-7-12-23(22)33-2/h6-8,11-18,20,25H,3-5,9-10H2,1-2H3,(H,28,30)/t25-/m0/s1. The Kier molecular flexibility index (Phi) is 7.52. The lowest BCUT2D eigenvalue weighted by molar-refractivity contribution is -0.123. The van der Waals surface area contributed by atoms with Crippen molar-refractivity contribution >= 4 is 17.5 Å². The molecular weight excluding hydrogens is 432 g/mol. The number of hydrogen-bond acceptors (Lipinski definition) is 5. The highest BCUT2D eigenvalue weighted by atomic mass is 16.5. The van der Waals surface area contributed by atoms with E-state index in [2.05, 4.69) is 5.32 Å². The second-order valence-electron chi connectivity index (χ2n) is 8.34. The van der Waals surface area contributed by atoms with Gasteiger partial charge in [0.15, 0.2) is 5.76 Å². The summed E-state index contributed by atoms with van der Waals surface area (Å²) in [5.41, 5.74) is 1.13. The number of carbonyl (C=O) groups is 2. The number of carbonyl (C=O) groups excluding carboxylic acids is 2. The van der Waals surface area contributed by atoms with Crippen molar-refractivity contribution in [2.45, 2.75) is 44.2 Å². The van der Waals surface area contributed by atoms with E-state index in [1.807, 2.05) is 24.3 Å². The SMILES string of the molecule is COc1ccc([C@@H](C(=O)NC2CCCCC2)N(C(=O)c2ccco2)c2ccccc2OC)cc1. The summed E-state index contributed by atoms with van der Waals surface area (Å²) in [6.45, 7) is 0. The van der Waals surface area contributed by atoms with Gasteiger partial charge in [0.1, 0.15) is 17.5 Å². The fourth-order valence-corrected chi connectivity index (χ4v) is 4.44. The van der Waals surface area contributed by atoms with Gasteiger partial charge in [0, 0.05) is 6.04 Å². The Balaban J connectivity index is 1.82. The van der Waals surface area contributed by atoms with Gasteiger partial charge >= 0.3 is 0 Å². The lowest BCUT2D eigenvalue weighted by Crippen LogP contribution is -2.47. The molecule has 178 valence electrons. The summed E-state index contributed by atoms with van der Waals surface area (Å²) >= 11 is 0. The molecule has 7 heteroatoms. The lowest BCUT2D eigenvalue weighted by Gasteiger charge is -2.33. The summed E-state index contributed by atoms with van der Waals surface area (Å²) in [5.74, 6) is 0.592. The molecule has 3 aromatic rings. The normalized spacial score (nSPS) is 14.8. The molecule has 2 amide bonds. The van der Waals surface area contributed by atoms with Crippen molar-refractivity contribution in [2.75, 3.05) is 19.1 Å². The highest BCUT2D eigenvalue weighted by Gasteiger charge is 2.37. The lowest BCUT2D eigenvalue weighted by atomic mass is 9.94. The Morgan fingerprint density at radius 1 is 0.941 bits per heavy atom. The summed E-state index contributed by atoms with van der Waals surface area (Å²) in [4.78, 5) is 29.1. The van der Waals surface area contributed by atoms with Crippen molar-refractivity contribution in [1.29, 1.82) is 0 Å². The van der Waals surface area contributed by atoms with Crippen LogP contribution in [-0.2, 0) is 4.79 Å². The van der Waals surface area contributed by atoms with Crippen LogP contribution in [0.2, 0.25) is 0 Å². The van der Waals surface area contributed by atoms with Gasteiger partial charge in [0.05, 0.1) is 26.2 Å². The molecule has 1 atom stereocenters. The Morgan fingerprint density at radius 2 is 1.68 bits per heavy atom. The minimum atomic E-state index is -0.943. The first-order chi connectivity index (χ1) is 16.6. The highest BCUT2D eigenvalue weighted by molar-refractivity contribution is 6.09. The molecule has 7 nitrogen and oxygen atoms in total. The molecule has 0 unspecified atom stereocenters. The molecule has 2 aromatic carbocycles. The van der Waals surface area contributed by atoms with E-state index in [9.17, 15) is 9.59 Å². The van der Waals surface area contributed by atoms with Gasteiger partial charge in [-0.1, -0.05) is 43.5 Å². The smallest absolute Gasteiger partial charge is 0.295 e. The van der Waals surface area contributed by atoms with E-state index in [1.165, 1.54) is 17.6 Å². The Bertz CT molecular complexity index is 1090. The molecule has 1 N–H and O–H groups in total. The van der Waals surface area contributed by atoms with Crippen molar-refractivity contribution in [3.05, 3.63) is 78.3 Å². The van der Waals surface area contributed by atoms with Crippen LogP contribution >= 0.6 is 0 Å². The summed E-state index contributed by atoms with van der Waals surface area (Å²) in [6.07, 6.45) is 6.65. The summed E-state index contributed by atoms with van der Waals surface area (Å²) < 4.78 is 16.3. The number of nitrogens with one attached hydrogen (secondary N) is 1. The number of methoxy groups -OCH3 is 2. The minimum Gasteiger partial charge on any atom is -0.497 e. The number of amides is 2. The van der Waals surface area contributed by atoms with Gasteiger partial charge < -0.3 is 19.2 Å². The first-order valence-corrected chi connectivity index (χ1v) is 11.6. The molecule has 0 bridgehead atoms. The molecule has 4 rings (SSSR count). The maximum Gasteiger partial charge on any atom is 0.295 e. The highest BCUT2D eigenvalue weighted by Crippen LogP contribution is 2.37. The summed E-state index contributed by atoms with van der Waals surface area (Å²) in [7, 11) is 3.13. The van der Waals surface area contributed by atoms with Crippen LogP contribution in [0.15, 0.2) is 71.3 Å². The molecule has 0 saturated heterocycles. The topological polar surface area (TPSA) is 81.0 Å². The molecule has 0 aliphatic heterocycles. The van der Waals surface area contributed by atoms with Crippen molar-refractivity contribution < 1.29 is 23.5 Å². The quantitative estimate of drug-likeness (QED) is 0.502. The van der Waals surface area contributed by atoms with Crippen molar-refractivity contribution in [2.24, 2.45) is 0 Å². The number of furan rings is 1. The van der Waals surface area contributed by atoms with Crippen LogP contribution in [-0.4, -0.2) is 32.1 Å². The van der Waals surface area contributed by atoms with Gasteiger partial charge in [-0.2, -0.15) is 0 Å². The fourth-order valence-electron chi connectivity index (χ4n) is 4.44. The number of ether oxygens (including phenoxy) is 2. The Morgan fingerprint density at radius 3 is 2.32 bits per heavy atom. The zero-order chi connectivity index (χ0) is 23.9. The first kappa shape index (κ1) is 23.4. The van der Waals surface area contributed by atoms with Crippen LogP contribution in [0.1, 0.15) is 54.3 Å². The second-order valence-corrected chi connectivity index (χ2v) is 8.34. The molecule has 1 fully saturated rings. The van der Waals surface area contributed by atoms with E-state index in [0.717, 1.165) is 25.7 Å². The molecule has 1 aromatic heterocycles. The van der Waals surface area contributed by atoms with Crippen molar-refractivity contribution in [3.8, 4) is 11.5 Å². The van der Waals surface area contributed by atoms with Crippen LogP contribution in [0.5, 0.6) is 11.5 Å². The van der Waals surface area contributed by atoms with Gasteiger partial charge in [-0.3, -0.25) is 14.5 Å². The average Bonchev–Trinajstić information content (AvgIpc) is 3.43. The van der Waals surface area contributed by atoms with E-state index in [1.54, 1.807) is 50.6 Å². The number of anilines is 1. The Labute approximate surface area is 199 Å². The van der Waals surface area contributed by atoms with Crippen LogP contribution < -0.4 is 19.7 Å². The summed E-state index contributed by atoms with van der Waals surface area (Å²) in [6, 6.07) is 16.7. The summed E-state index contributed by atoms with van der Waals surface area (Å²) in [5, 5.41) is 3.20. The third-order valence-electron chi connectivity index (χ3n) is 6.19. The molecule has 0 radical (unpaired) electrons. The van der Waals surface area contributed by atoms with E-state index >= 15 is 0 Å². The van der Waals surface area contributed by atoms with E-state index < -0.39 is 11.9 Å². The van der Waals surface area contributed by atoms with Crippen molar-refractivity contribution in [1.82, 2.24) is 5.32 Å². The monoisotopic (exact) mass is 462 g/mol. The zero-order valence-corrected chi connectivity index (χ0v) is 19.5. The Hall–Kier alpha value is -3.74. The number of rotatable bonds is 8. The van der Waals surface area contributed by atoms with Gasteiger partial charge in [-0.05, 0) is 54.8 Å². The van der Waals surface area contributed by atoms with E-state index in [-0.39, 0.29) is 17.7 Å². The molecule has 1 saturated carbocycles. The second kappa shape index (κ2) is 10.9. The van der Waals surface area contributed by atoms with Gasteiger partial charge in [0.2, 0.25) is 5.91 Å². The average molecular weight is 463 g/mol. The van der Waals surface area contributed by atoms with Crippen molar-refractivity contribution in [3.63, 3.8) is 0 Å². The van der Waals surface area contributed by atoms with Gasteiger partial charge in [0.25, 0.3) is 5.91 Å². The first-order valence-electron chi connectivity index (χ1n) is 11.6. The predicted molar refractivity (Wildman–Crippen MR) is 129 cm³/mol. The van der Waals surface area contributed by atoms with Crippen LogP contribution in [0, 0.1) is 0 Å². The van der Waals surface area contributed by atoms with Crippen LogP contribution in [0.4, 0.5) is 5.69 Å². The van der Waals surface area contributed by atoms with Gasteiger partial charge in [-0.25, -0.2) is 0 Å². The maximum absolute atomic E-state index is 13.8. The fraction of sp³-hybridized carbons (Fsp3) is 0.333. The molecule has 1 aliphatic carbocycles.